The highest BCUT2D eigenvalue weighted by Crippen LogP contribution is 2.24. The summed E-state index contributed by atoms with van der Waals surface area (Å²) in [7, 11) is 0. The van der Waals surface area contributed by atoms with E-state index in [1.54, 1.807) is 42.5 Å². The quantitative estimate of drug-likeness (QED) is 0.543. The molecule has 0 atom stereocenters. The normalized spacial score (nSPS) is 10.2. The maximum Gasteiger partial charge on any atom is 0.276 e. The van der Waals surface area contributed by atoms with Gasteiger partial charge in [-0.15, -0.1) is 17.3 Å². The fourth-order valence-electron chi connectivity index (χ4n) is 2.54. The molecule has 0 radical (unpaired) electrons. The van der Waals surface area contributed by atoms with Crippen molar-refractivity contribution < 1.29 is 4.79 Å². The average molecular weight is 386 g/mol. The zero-order valence-electron chi connectivity index (χ0n) is 14.8. The molecule has 0 fully saturated rings. The number of anilines is 1. The van der Waals surface area contributed by atoms with Crippen molar-refractivity contribution in [3.05, 3.63) is 72.0 Å². The monoisotopic (exact) mass is 386 g/mol. The van der Waals surface area contributed by atoms with E-state index in [0.717, 1.165) is 16.9 Å². The molecule has 0 unspecified atom stereocenters. The predicted octanol–water partition coefficient (Wildman–Crippen LogP) is 3.41. The number of hydrogen-bond donors (Lipinski definition) is 1. The molecule has 0 saturated heterocycles. The molecule has 0 saturated carbocycles. The van der Waals surface area contributed by atoms with E-state index in [1.165, 1.54) is 17.5 Å². The third-order valence-corrected chi connectivity index (χ3v) is 4.57. The van der Waals surface area contributed by atoms with Crippen LogP contribution in [0.5, 0.6) is 0 Å². The number of imidazole rings is 1. The average Bonchev–Trinajstić information content (AvgIpc) is 3.39. The Balaban J connectivity index is 1.52. The summed E-state index contributed by atoms with van der Waals surface area (Å²) < 4.78 is 1.67. The lowest BCUT2D eigenvalue weighted by Gasteiger charge is -2.06. The molecule has 4 rings (SSSR count). The van der Waals surface area contributed by atoms with Crippen LogP contribution < -0.4 is 5.32 Å². The van der Waals surface area contributed by atoms with Crippen LogP contribution in [-0.4, -0.2) is 30.4 Å². The van der Waals surface area contributed by atoms with E-state index < -0.39 is 0 Å². The standard InChI is InChI=1S/C20H14N6OS/c1-2-4-14-6-7-16(23-9-14)17-12-28-20(24-17)25-19(27)18-11-22-13-26(18)15-5-3-8-21-10-15/h3,5-13H,1H3,(H,24,25,27). The highest BCUT2D eigenvalue weighted by Gasteiger charge is 2.15. The van der Waals surface area contributed by atoms with E-state index in [0.29, 0.717) is 16.5 Å². The largest absolute Gasteiger partial charge is 0.296 e. The van der Waals surface area contributed by atoms with E-state index in [1.807, 2.05) is 23.6 Å². The van der Waals surface area contributed by atoms with Crippen LogP contribution in [0.15, 0.2) is 60.8 Å². The van der Waals surface area contributed by atoms with Crippen LogP contribution in [0.1, 0.15) is 23.0 Å². The Labute approximate surface area is 165 Å². The van der Waals surface area contributed by atoms with E-state index in [9.17, 15) is 4.79 Å². The summed E-state index contributed by atoms with van der Waals surface area (Å²) in [5, 5.41) is 5.15. The molecule has 0 aromatic carbocycles. The number of rotatable bonds is 4. The lowest BCUT2D eigenvalue weighted by Crippen LogP contribution is -2.16. The van der Waals surface area contributed by atoms with Crippen LogP contribution in [0.3, 0.4) is 0 Å². The SMILES string of the molecule is CC#Cc1ccc(-c2csc(NC(=O)c3cncn3-c3cccnc3)n2)nc1. The third-order valence-electron chi connectivity index (χ3n) is 3.82. The summed E-state index contributed by atoms with van der Waals surface area (Å²) >= 11 is 1.33. The van der Waals surface area contributed by atoms with Crippen molar-refractivity contribution in [2.24, 2.45) is 0 Å². The van der Waals surface area contributed by atoms with Gasteiger partial charge in [-0.05, 0) is 31.2 Å². The second-order valence-corrected chi connectivity index (χ2v) is 6.52. The van der Waals surface area contributed by atoms with Crippen LogP contribution in [0.2, 0.25) is 0 Å². The van der Waals surface area contributed by atoms with E-state index >= 15 is 0 Å². The summed E-state index contributed by atoms with van der Waals surface area (Å²) in [5.41, 5.74) is 3.41. The van der Waals surface area contributed by atoms with Crippen molar-refractivity contribution in [3.63, 3.8) is 0 Å². The van der Waals surface area contributed by atoms with Crippen molar-refractivity contribution >= 4 is 22.4 Å². The third kappa shape index (κ3) is 3.65. The minimum atomic E-state index is -0.302. The number of pyridine rings is 2. The Morgan fingerprint density at radius 1 is 1.14 bits per heavy atom. The van der Waals surface area contributed by atoms with Gasteiger partial charge in [-0.2, -0.15) is 0 Å². The summed E-state index contributed by atoms with van der Waals surface area (Å²) in [4.78, 5) is 29.6. The van der Waals surface area contributed by atoms with Gasteiger partial charge >= 0.3 is 0 Å². The Bertz CT molecular complexity index is 1170. The first kappa shape index (κ1) is 17.6. The van der Waals surface area contributed by atoms with Crippen LogP contribution in [0, 0.1) is 11.8 Å². The maximum absolute atomic E-state index is 12.7. The zero-order valence-corrected chi connectivity index (χ0v) is 15.6. The van der Waals surface area contributed by atoms with Crippen LogP contribution in [0.25, 0.3) is 17.1 Å². The highest BCUT2D eigenvalue weighted by atomic mass is 32.1. The molecule has 1 amide bonds. The first-order valence-electron chi connectivity index (χ1n) is 8.33. The first-order valence-corrected chi connectivity index (χ1v) is 9.21. The molecule has 8 heteroatoms. The summed E-state index contributed by atoms with van der Waals surface area (Å²) in [5.74, 6) is 5.49. The molecule has 0 aliphatic rings. The molecule has 28 heavy (non-hydrogen) atoms. The smallest absolute Gasteiger partial charge is 0.276 e. The molecular weight excluding hydrogens is 372 g/mol. The Morgan fingerprint density at radius 3 is 2.82 bits per heavy atom. The molecule has 0 aliphatic carbocycles. The topological polar surface area (TPSA) is 85.6 Å². The lowest BCUT2D eigenvalue weighted by molar-refractivity contribution is 0.102. The molecule has 0 spiro atoms. The van der Waals surface area contributed by atoms with Crippen LogP contribution in [-0.2, 0) is 0 Å². The van der Waals surface area contributed by atoms with E-state index in [-0.39, 0.29) is 5.91 Å². The number of amides is 1. The van der Waals surface area contributed by atoms with Crippen molar-refractivity contribution in [3.8, 4) is 28.9 Å². The molecule has 4 aromatic heterocycles. The number of aromatic nitrogens is 5. The van der Waals surface area contributed by atoms with Gasteiger partial charge in [-0.25, -0.2) is 9.97 Å². The van der Waals surface area contributed by atoms with Gasteiger partial charge in [0.1, 0.15) is 11.4 Å². The fraction of sp³-hybridized carbons (Fsp3) is 0.0500. The van der Waals surface area contributed by atoms with Gasteiger partial charge in [-0.3, -0.25) is 24.6 Å². The molecule has 4 aromatic rings. The van der Waals surface area contributed by atoms with Gasteiger partial charge in [0.05, 0.1) is 30.1 Å². The van der Waals surface area contributed by atoms with Crippen molar-refractivity contribution in [1.29, 1.82) is 0 Å². The minimum absolute atomic E-state index is 0.302. The summed E-state index contributed by atoms with van der Waals surface area (Å²) in [6.45, 7) is 1.78. The van der Waals surface area contributed by atoms with Crippen molar-refractivity contribution in [2.45, 2.75) is 6.92 Å². The van der Waals surface area contributed by atoms with Gasteiger partial charge in [0, 0.05) is 23.3 Å². The number of carbonyl (C=O) groups excluding carboxylic acids is 1. The maximum atomic E-state index is 12.7. The number of nitrogens with one attached hydrogen (secondary N) is 1. The minimum Gasteiger partial charge on any atom is -0.296 e. The van der Waals surface area contributed by atoms with Gasteiger partial charge in [0.2, 0.25) is 0 Å². The van der Waals surface area contributed by atoms with Gasteiger partial charge in [0.25, 0.3) is 5.91 Å². The van der Waals surface area contributed by atoms with E-state index in [4.69, 9.17) is 0 Å². The molecular formula is C20H14N6OS. The van der Waals surface area contributed by atoms with Gasteiger partial charge in [0.15, 0.2) is 5.13 Å². The molecule has 0 aliphatic heterocycles. The first-order chi connectivity index (χ1) is 13.7. The summed E-state index contributed by atoms with van der Waals surface area (Å²) in [6, 6.07) is 7.40. The highest BCUT2D eigenvalue weighted by molar-refractivity contribution is 7.14. The molecule has 136 valence electrons. The van der Waals surface area contributed by atoms with Gasteiger partial charge < -0.3 is 0 Å². The van der Waals surface area contributed by atoms with E-state index in [2.05, 4.69) is 37.1 Å². The molecule has 0 bridgehead atoms. The zero-order chi connectivity index (χ0) is 19.3. The Kier molecular flexibility index (Phi) is 4.91. The molecule has 7 nitrogen and oxygen atoms in total. The number of carbonyl (C=O) groups is 1. The number of thiazole rings is 1. The van der Waals surface area contributed by atoms with Gasteiger partial charge in [-0.1, -0.05) is 5.92 Å². The second kappa shape index (κ2) is 7.82. The van der Waals surface area contributed by atoms with Crippen LogP contribution >= 0.6 is 11.3 Å². The fourth-order valence-corrected chi connectivity index (χ4v) is 3.24. The molecule has 4 heterocycles. The van der Waals surface area contributed by atoms with Crippen molar-refractivity contribution in [2.75, 3.05) is 5.32 Å². The number of hydrogen-bond acceptors (Lipinski definition) is 6. The Hall–Kier alpha value is -3.83. The van der Waals surface area contributed by atoms with Crippen LogP contribution in [0.4, 0.5) is 5.13 Å². The lowest BCUT2D eigenvalue weighted by atomic mass is 10.2. The number of nitrogens with zero attached hydrogens (tertiary/aromatic N) is 5. The van der Waals surface area contributed by atoms with Crippen molar-refractivity contribution in [1.82, 2.24) is 24.5 Å². The molecule has 1 N–H and O–H groups in total. The second-order valence-electron chi connectivity index (χ2n) is 5.66. The summed E-state index contributed by atoms with van der Waals surface area (Å²) in [6.07, 6.45) is 8.12. The predicted molar refractivity (Wildman–Crippen MR) is 107 cm³/mol. The Morgan fingerprint density at radius 2 is 2.07 bits per heavy atom.